The minimum Gasteiger partial charge on any atom is -0.373 e. The molecule has 0 spiro atoms. The number of nitrogens with zero attached hydrogens (tertiary/aromatic N) is 4. The molecule has 3 heterocycles. The number of fused-ring (bicyclic) bond motifs is 1. The predicted octanol–water partition coefficient (Wildman–Crippen LogP) is 0.0699. The third kappa shape index (κ3) is 2.96. The van der Waals surface area contributed by atoms with Crippen molar-refractivity contribution in [3.05, 3.63) is 25.2 Å². The summed E-state index contributed by atoms with van der Waals surface area (Å²) in [5, 5.41) is 0.126. The first kappa shape index (κ1) is 15.7. The Morgan fingerprint density at radius 2 is 2.27 bits per heavy atom. The summed E-state index contributed by atoms with van der Waals surface area (Å²) >= 11 is 0. The molecule has 1 aromatic rings. The van der Waals surface area contributed by atoms with Crippen molar-refractivity contribution < 1.29 is 13.2 Å². The summed E-state index contributed by atoms with van der Waals surface area (Å²) in [6.07, 6.45) is 5.84. The first-order valence-electron chi connectivity index (χ1n) is 7.45. The topological polar surface area (TPSA) is 67.7 Å². The molecule has 8 heteroatoms. The number of aryl methyl sites for hydroxylation is 1. The van der Waals surface area contributed by atoms with Gasteiger partial charge in [0.15, 0.2) is 5.03 Å². The molecule has 0 amide bonds. The SMILES string of the molecule is C=CCO[C@@H]1C[C@@H]2CN(S(=O)(=O)c3cn(C)cn3)CCN2C1. The van der Waals surface area contributed by atoms with Gasteiger partial charge in [0.2, 0.25) is 0 Å². The Labute approximate surface area is 131 Å². The van der Waals surface area contributed by atoms with Gasteiger partial charge in [-0.2, -0.15) is 4.31 Å². The zero-order valence-corrected chi connectivity index (χ0v) is 13.6. The highest BCUT2D eigenvalue weighted by molar-refractivity contribution is 7.89. The van der Waals surface area contributed by atoms with Crippen LogP contribution in [0.1, 0.15) is 6.42 Å². The quantitative estimate of drug-likeness (QED) is 0.716. The number of rotatable bonds is 5. The molecule has 22 heavy (non-hydrogen) atoms. The second-order valence-corrected chi connectivity index (χ2v) is 7.75. The lowest BCUT2D eigenvalue weighted by Gasteiger charge is -2.35. The second-order valence-electron chi connectivity index (χ2n) is 5.87. The van der Waals surface area contributed by atoms with Crippen molar-refractivity contribution in [1.82, 2.24) is 18.8 Å². The number of sulfonamides is 1. The van der Waals surface area contributed by atoms with E-state index >= 15 is 0 Å². The number of ether oxygens (including phenoxy) is 1. The van der Waals surface area contributed by atoms with Crippen LogP contribution < -0.4 is 0 Å². The molecule has 2 aliphatic rings. The first-order valence-corrected chi connectivity index (χ1v) is 8.89. The van der Waals surface area contributed by atoms with Crippen LogP contribution in [0.5, 0.6) is 0 Å². The molecular weight excluding hydrogens is 304 g/mol. The molecule has 2 fully saturated rings. The first-order chi connectivity index (χ1) is 10.5. The van der Waals surface area contributed by atoms with Crippen LogP contribution in [0.3, 0.4) is 0 Å². The van der Waals surface area contributed by atoms with Crippen LogP contribution in [0, 0.1) is 0 Å². The average molecular weight is 326 g/mol. The lowest BCUT2D eigenvalue weighted by atomic mass is 10.2. The summed E-state index contributed by atoms with van der Waals surface area (Å²) in [5.74, 6) is 0. The Kier molecular flexibility index (Phi) is 4.35. The van der Waals surface area contributed by atoms with Gasteiger partial charge in [0.25, 0.3) is 10.0 Å². The highest BCUT2D eigenvalue weighted by atomic mass is 32.2. The van der Waals surface area contributed by atoms with Crippen molar-refractivity contribution in [3.8, 4) is 0 Å². The fourth-order valence-electron chi connectivity index (χ4n) is 3.17. The molecular formula is C14H22N4O3S. The Hall–Kier alpha value is -1.22. The van der Waals surface area contributed by atoms with E-state index in [2.05, 4.69) is 16.5 Å². The van der Waals surface area contributed by atoms with Crippen molar-refractivity contribution in [2.75, 3.05) is 32.8 Å². The standard InChI is InChI=1S/C14H22N4O3S/c1-3-6-21-13-7-12-8-18(5-4-17(12)9-13)22(19,20)14-10-16(2)11-15-14/h3,10-13H,1,4-9H2,2H3/t12-,13-/m1/s1. The molecule has 1 aromatic heterocycles. The van der Waals surface area contributed by atoms with E-state index in [-0.39, 0.29) is 17.2 Å². The van der Waals surface area contributed by atoms with Crippen molar-refractivity contribution in [2.45, 2.75) is 23.6 Å². The van der Waals surface area contributed by atoms with Gasteiger partial charge >= 0.3 is 0 Å². The summed E-state index contributed by atoms with van der Waals surface area (Å²) in [7, 11) is -1.73. The highest BCUT2D eigenvalue weighted by Crippen LogP contribution is 2.26. The zero-order chi connectivity index (χ0) is 15.7. The monoisotopic (exact) mass is 326 g/mol. The number of aromatic nitrogens is 2. The lowest BCUT2D eigenvalue weighted by Crippen LogP contribution is -2.51. The Morgan fingerprint density at radius 1 is 1.45 bits per heavy atom. The number of piperazine rings is 1. The molecule has 2 atom stereocenters. The van der Waals surface area contributed by atoms with E-state index in [9.17, 15) is 8.42 Å². The maximum absolute atomic E-state index is 12.6. The number of imidazole rings is 1. The normalized spacial score (nSPS) is 27.0. The lowest BCUT2D eigenvalue weighted by molar-refractivity contribution is 0.0796. The van der Waals surface area contributed by atoms with Crippen LogP contribution >= 0.6 is 0 Å². The largest absolute Gasteiger partial charge is 0.373 e. The molecule has 7 nitrogen and oxygen atoms in total. The van der Waals surface area contributed by atoms with Crippen LogP contribution in [0.4, 0.5) is 0 Å². The van der Waals surface area contributed by atoms with Crippen molar-refractivity contribution in [3.63, 3.8) is 0 Å². The van der Waals surface area contributed by atoms with Gasteiger partial charge < -0.3 is 9.30 Å². The summed E-state index contributed by atoms with van der Waals surface area (Å²) < 4.78 is 34.2. The van der Waals surface area contributed by atoms with Crippen molar-refractivity contribution in [2.24, 2.45) is 7.05 Å². The van der Waals surface area contributed by atoms with Gasteiger partial charge in [0, 0.05) is 45.5 Å². The van der Waals surface area contributed by atoms with Gasteiger partial charge in [-0.1, -0.05) is 6.08 Å². The molecule has 3 rings (SSSR count). The predicted molar refractivity (Wildman–Crippen MR) is 81.9 cm³/mol. The van der Waals surface area contributed by atoms with Crippen molar-refractivity contribution in [1.29, 1.82) is 0 Å². The summed E-state index contributed by atoms with van der Waals surface area (Å²) in [6.45, 7) is 6.82. The highest BCUT2D eigenvalue weighted by Gasteiger charge is 2.40. The number of hydrogen-bond donors (Lipinski definition) is 0. The van der Waals surface area contributed by atoms with Gasteiger partial charge in [0.1, 0.15) is 0 Å². The molecule has 0 N–H and O–H groups in total. The van der Waals surface area contributed by atoms with Gasteiger partial charge in [-0.05, 0) is 6.42 Å². The summed E-state index contributed by atoms with van der Waals surface area (Å²) in [5.41, 5.74) is 0. The molecule has 0 aromatic carbocycles. The van der Waals surface area contributed by atoms with Gasteiger partial charge in [0.05, 0.1) is 19.0 Å². The fourth-order valence-corrected chi connectivity index (χ4v) is 4.60. The molecule has 2 aliphatic heterocycles. The third-order valence-electron chi connectivity index (χ3n) is 4.28. The average Bonchev–Trinajstić information content (AvgIpc) is 3.10. The second kappa shape index (κ2) is 6.11. The van der Waals surface area contributed by atoms with E-state index in [4.69, 9.17) is 4.74 Å². The van der Waals surface area contributed by atoms with E-state index in [1.54, 1.807) is 28.2 Å². The molecule has 0 radical (unpaired) electrons. The van der Waals surface area contributed by atoms with E-state index in [0.717, 1.165) is 19.5 Å². The fraction of sp³-hybridized carbons (Fsp3) is 0.643. The molecule has 0 unspecified atom stereocenters. The zero-order valence-electron chi connectivity index (χ0n) is 12.8. The molecule has 0 saturated carbocycles. The number of hydrogen-bond acceptors (Lipinski definition) is 5. The van der Waals surface area contributed by atoms with Gasteiger partial charge in [-0.25, -0.2) is 13.4 Å². The van der Waals surface area contributed by atoms with Gasteiger partial charge in [-0.3, -0.25) is 4.90 Å². The molecule has 0 aliphatic carbocycles. The Bertz CT molecular complexity index is 642. The van der Waals surface area contributed by atoms with E-state index in [0.29, 0.717) is 19.7 Å². The summed E-state index contributed by atoms with van der Waals surface area (Å²) in [4.78, 5) is 6.31. The maximum Gasteiger partial charge on any atom is 0.262 e. The minimum absolute atomic E-state index is 0.126. The van der Waals surface area contributed by atoms with E-state index in [1.165, 1.54) is 6.33 Å². The van der Waals surface area contributed by atoms with Crippen LogP contribution in [0.15, 0.2) is 30.2 Å². The third-order valence-corrected chi connectivity index (χ3v) is 6.03. The Morgan fingerprint density at radius 3 is 2.95 bits per heavy atom. The van der Waals surface area contributed by atoms with E-state index in [1.807, 2.05) is 0 Å². The van der Waals surface area contributed by atoms with Crippen LogP contribution in [-0.2, 0) is 21.8 Å². The van der Waals surface area contributed by atoms with Crippen LogP contribution in [-0.4, -0.2) is 72.1 Å². The van der Waals surface area contributed by atoms with Crippen LogP contribution in [0.25, 0.3) is 0 Å². The molecule has 2 saturated heterocycles. The summed E-state index contributed by atoms with van der Waals surface area (Å²) in [6, 6.07) is 0.224. The van der Waals surface area contributed by atoms with Gasteiger partial charge in [-0.15, -0.1) is 6.58 Å². The molecule has 122 valence electrons. The maximum atomic E-state index is 12.6. The van der Waals surface area contributed by atoms with E-state index < -0.39 is 10.0 Å². The Balaban J connectivity index is 1.68. The molecule has 0 bridgehead atoms. The van der Waals surface area contributed by atoms with Crippen molar-refractivity contribution >= 4 is 10.0 Å². The van der Waals surface area contributed by atoms with Crippen LogP contribution in [0.2, 0.25) is 0 Å². The minimum atomic E-state index is -3.50. The smallest absolute Gasteiger partial charge is 0.262 e.